The van der Waals surface area contributed by atoms with Crippen molar-refractivity contribution in [2.24, 2.45) is 0 Å². The number of fused-ring (bicyclic) bond motifs is 1. The number of ether oxygens (including phenoxy) is 2. The molecule has 4 rings (SSSR count). The van der Waals surface area contributed by atoms with E-state index in [0.717, 1.165) is 10.6 Å². The molecule has 1 aliphatic heterocycles. The van der Waals surface area contributed by atoms with Crippen LogP contribution in [0.15, 0.2) is 42.0 Å². The Hall–Kier alpha value is -3.20. The van der Waals surface area contributed by atoms with Gasteiger partial charge in [-0.1, -0.05) is 0 Å². The SMILES string of the molecule is O=[N+]([O-])c1c(CNc2csc(-c3ccncc3)n2)ccc2c1OCO2. The highest BCUT2D eigenvalue weighted by atomic mass is 32.1. The van der Waals surface area contributed by atoms with Crippen molar-refractivity contribution in [3.05, 3.63) is 57.7 Å². The van der Waals surface area contributed by atoms with Gasteiger partial charge in [-0.3, -0.25) is 15.1 Å². The Morgan fingerprint density at radius 3 is 2.88 bits per heavy atom. The zero-order valence-corrected chi connectivity index (χ0v) is 13.7. The molecule has 0 radical (unpaired) electrons. The third kappa shape index (κ3) is 2.96. The van der Waals surface area contributed by atoms with Crippen molar-refractivity contribution in [3.8, 4) is 22.1 Å². The molecule has 1 aromatic carbocycles. The number of nitro groups is 1. The summed E-state index contributed by atoms with van der Waals surface area (Å²) in [6.45, 7) is 0.251. The second-order valence-electron chi connectivity index (χ2n) is 5.19. The van der Waals surface area contributed by atoms with Crippen molar-refractivity contribution in [1.82, 2.24) is 9.97 Å². The van der Waals surface area contributed by atoms with E-state index in [1.165, 1.54) is 11.3 Å². The van der Waals surface area contributed by atoms with Crippen molar-refractivity contribution >= 4 is 22.8 Å². The molecule has 3 aromatic rings. The Morgan fingerprint density at radius 2 is 2.08 bits per heavy atom. The molecule has 126 valence electrons. The van der Waals surface area contributed by atoms with Crippen molar-refractivity contribution in [2.75, 3.05) is 12.1 Å². The number of anilines is 1. The Balaban J connectivity index is 1.55. The zero-order chi connectivity index (χ0) is 17.2. The molecule has 2 aromatic heterocycles. The molecule has 0 amide bonds. The van der Waals surface area contributed by atoms with Gasteiger partial charge in [-0.05, 0) is 24.3 Å². The summed E-state index contributed by atoms with van der Waals surface area (Å²) in [5, 5.41) is 17.2. The smallest absolute Gasteiger partial charge is 0.319 e. The summed E-state index contributed by atoms with van der Waals surface area (Å²) in [5.74, 6) is 1.23. The summed E-state index contributed by atoms with van der Waals surface area (Å²) >= 11 is 1.49. The maximum atomic E-state index is 11.4. The fourth-order valence-corrected chi connectivity index (χ4v) is 3.29. The quantitative estimate of drug-likeness (QED) is 0.552. The molecule has 0 spiro atoms. The van der Waals surface area contributed by atoms with Gasteiger partial charge in [-0.25, -0.2) is 4.98 Å². The molecule has 8 nitrogen and oxygen atoms in total. The molecule has 1 N–H and O–H groups in total. The van der Waals surface area contributed by atoms with E-state index >= 15 is 0 Å². The van der Waals surface area contributed by atoms with E-state index in [2.05, 4.69) is 15.3 Å². The first-order valence-corrected chi connectivity index (χ1v) is 8.26. The van der Waals surface area contributed by atoms with Crippen LogP contribution in [-0.2, 0) is 6.54 Å². The monoisotopic (exact) mass is 356 g/mol. The first-order valence-electron chi connectivity index (χ1n) is 7.38. The van der Waals surface area contributed by atoms with Crippen LogP contribution in [0.3, 0.4) is 0 Å². The average Bonchev–Trinajstić information content (AvgIpc) is 3.29. The minimum Gasteiger partial charge on any atom is -0.453 e. The van der Waals surface area contributed by atoms with E-state index in [-0.39, 0.29) is 24.8 Å². The van der Waals surface area contributed by atoms with Crippen LogP contribution in [0.4, 0.5) is 11.5 Å². The van der Waals surface area contributed by atoms with Gasteiger partial charge >= 0.3 is 5.69 Å². The van der Waals surface area contributed by atoms with Crippen LogP contribution in [0.1, 0.15) is 5.56 Å². The number of nitro benzene ring substituents is 1. The van der Waals surface area contributed by atoms with E-state index in [0.29, 0.717) is 17.1 Å². The van der Waals surface area contributed by atoms with Gasteiger partial charge in [-0.2, -0.15) is 0 Å². The average molecular weight is 356 g/mol. The predicted molar refractivity (Wildman–Crippen MR) is 91.9 cm³/mol. The van der Waals surface area contributed by atoms with Crippen LogP contribution < -0.4 is 14.8 Å². The van der Waals surface area contributed by atoms with Gasteiger partial charge in [0.1, 0.15) is 10.8 Å². The number of pyridine rings is 1. The molecule has 0 fully saturated rings. The lowest BCUT2D eigenvalue weighted by molar-refractivity contribution is -0.386. The van der Waals surface area contributed by atoms with E-state index in [1.54, 1.807) is 24.5 Å². The summed E-state index contributed by atoms with van der Waals surface area (Å²) < 4.78 is 10.4. The zero-order valence-electron chi connectivity index (χ0n) is 12.8. The Bertz CT molecular complexity index is 929. The largest absolute Gasteiger partial charge is 0.453 e. The van der Waals surface area contributed by atoms with Gasteiger partial charge in [0.15, 0.2) is 5.75 Å². The van der Waals surface area contributed by atoms with Gasteiger partial charge in [0.2, 0.25) is 12.5 Å². The Labute approximate surface area is 146 Å². The molecule has 0 aliphatic carbocycles. The van der Waals surface area contributed by atoms with Crippen LogP contribution in [0.5, 0.6) is 11.5 Å². The third-order valence-corrected chi connectivity index (χ3v) is 4.56. The van der Waals surface area contributed by atoms with Crippen molar-refractivity contribution in [2.45, 2.75) is 6.54 Å². The van der Waals surface area contributed by atoms with Gasteiger partial charge in [0.25, 0.3) is 0 Å². The fraction of sp³-hybridized carbons (Fsp3) is 0.125. The third-order valence-electron chi connectivity index (χ3n) is 3.67. The first-order chi connectivity index (χ1) is 12.2. The van der Waals surface area contributed by atoms with Crippen LogP contribution in [0.25, 0.3) is 10.6 Å². The maximum Gasteiger partial charge on any atom is 0.319 e. The lowest BCUT2D eigenvalue weighted by Gasteiger charge is -2.06. The number of nitrogens with zero attached hydrogens (tertiary/aromatic N) is 3. The second-order valence-corrected chi connectivity index (χ2v) is 6.05. The number of thiazole rings is 1. The molecule has 3 heterocycles. The minimum atomic E-state index is -0.450. The topological polar surface area (TPSA) is 99.4 Å². The highest BCUT2D eigenvalue weighted by Crippen LogP contribution is 2.42. The molecule has 1 aliphatic rings. The summed E-state index contributed by atoms with van der Waals surface area (Å²) in [6.07, 6.45) is 3.42. The van der Waals surface area contributed by atoms with Crippen LogP contribution in [0.2, 0.25) is 0 Å². The fourth-order valence-electron chi connectivity index (χ4n) is 2.51. The van der Waals surface area contributed by atoms with Gasteiger partial charge < -0.3 is 14.8 Å². The van der Waals surface area contributed by atoms with E-state index in [4.69, 9.17) is 9.47 Å². The van der Waals surface area contributed by atoms with Crippen LogP contribution >= 0.6 is 11.3 Å². The Morgan fingerprint density at radius 1 is 1.24 bits per heavy atom. The molecule has 0 atom stereocenters. The molecular weight excluding hydrogens is 344 g/mol. The molecular formula is C16H12N4O4S. The number of benzene rings is 1. The highest BCUT2D eigenvalue weighted by Gasteiger charge is 2.29. The summed E-state index contributed by atoms with van der Waals surface area (Å²) in [6, 6.07) is 7.10. The van der Waals surface area contributed by atoms with Crippen molar-refractivity contribution in [3.63, 3.8) is 0 Å². The number of nitrogens with one attached hydrogen (secondary N) is 1. The first kappa shape index (κ1) is 15.3. The molecule has 0 saturated heterocycles. The van der Waals surface area contributed by atoms with Crippen LogP contribution in [0, 0.1) is 10.1 Å². The predicted octanol–water partition coefficient (Wildman–Crippen LogP) is 3.45. The van der Waals surface area contributed by atoms with Gasteiger partial charge in [-0.15, -0.1) is 11.3 Å². The minimum absolute atomic E-state index is 0.00552. The molecule has 0 unspecified atom stereocenters. The number of aromatic nitrogens is 2. The lowest BCUT2D eigenvalue weighted by atomic mass is 10.1. The second kappa shape index (κ2) is 6.36. The highest BCUT2D eigenvalue weighted by molar-refractivity contribution is 7.13. The van der Waals surface area contributed by atoms with E-state index in [9.17, 15) is 10.1 Å². The van der Waals surface area contributed by atoms with E-state index < -0.39 is 4.92 Å². The number of rotatable bonds is 5. The maximum absolute atomic E-state index is 11.4. The summed E-state index contributed by atoms with van der Waals surface area (Å²) in [4.78, 5) is 19.4. The molecule has 0 saturated carbocycles. The molecule has 25 heavy (non-hydrogen) atoms. The normalized spacial score (nSPS) is 12.2. The number of hydrogen-bond donors (Lipinski definition) is 1. The van der Waals surface area contributed by atoms with Gasteiger partial charge in [0.05, 0.1) is 10.5 Å². The van der Waals surface area contributed by atoms with Crippen molar-refractivity contribution < 1.29 is 14.4 Å². The van der Waals surface area contributed by atoms with E-state index in [1.807, 2.05) is 17.5 Å². The summed E-state index contributed by atoms with van der Waals surface area (Å²) in [7, 11) is 0. The van der Waals surface area contributed by atoms with Crippen molar-refractivity contribution in [1.29, 1.82) is 0 Å². The molecule has 0 bridgehead atoms. The standard InChI is InChI=1S/C16H12N4O4S/c21-20(22)14-11(1-2-12-15(14)24-9-23-12)7-18-13-8-25-16(19-13)10-3-5-17-6-4-10/h1-6,8,18H,7,9H2. The molecule has 9 heteroatoms. The number of hydrogen-bond acceptors (Lipinski definition) is 8. The lowest BCUT2D eigenvalue weighted by Crippen LogP contribution is -2.04. The Kier molecular flexibility index (Phi) is 3.90. The van der Waals surface area contributed by atoms with Gasteiger partial charge in [0, 0.05) is 29.9 Å². The summed E-state index contributed by atoms with van der Waals surface area (Å²) in [5.41, 5.74) is 1.40. The van der Waals surface area contributed by atoms with Crippen LogP contribution in [-0.4, -0.2) is 21.7 Å².